The summed E-state index contributed by atoms with van der Waals surface area (Å²) in [6.07, 6.45) is 1.59. The third-order valence-electron chi connectivity index (χ3n) is 5.38. The van der Waals surface area contributed by atoms with Crippen LogP contribution in [0.2, 0.25) is 5.02 Å². The van der Waals surface area contributed by atoms with Gasteiger partial charge in [0.15, 0.2) is 5.78 Å². The van der Waals surface area contributed by atoms with Crippen molar-refractivity contribution in [3.05, 3.63) is 124 Å². The van der Waals surface area contributed by atoms with Gasteiger partial charge < -0.3 is 9.73 Å². The van der Waals surface area contributed by atoms with Crippen molar-refractivity contribution in [3.63, 3.8) is 0 Å². The van der Waals surface area contributed by atoms with E-state index in [-0.39, 0.29) is 18.1 Å². The van der Waals surface area contributed by atoms with E-state index < -0.39 is 0 Å². The van der Waals surface area contributed by atoms with Gasteiger partial charge in [-0.3, -0.25) is 9.59 Å². The lowest BCUT2D eigenvalue weighted by Crippen LogP contribution is -2.25. The molecule has 0 bridgehead atoms. The highest BCUT2D eigenvalue weighted by Crippen LogP contribution is 2.25. The summed E-state index contributed by atoms with van der Waals surface area (Å²) >= 11 is 5.97. The van der Waals surface area contributed by atoms with Crippen molar-refractivity contribution in [2.45, 2.75) is 19.9 Å². The number of benzene rings is 3. The van der Waals surface area contributed by atoms with E-state index in [0.29, 0.717) is 34.2 Å². The highest BCUT2D eigenvalue weighted by atomic mass is 35.5. The molecule has 0 fully saturated rings. The monoisotopic (exact) mass is 469 g/mol. The quantitative estimate of drug-likeness (QED) is 0.226. The van der Waals surface area contributed by atoms with E-state index in [1.54, 1.807) is 36.4 Å². The zero-order valence-corrected chi connectivity index (χ0v) is 19.5. The van der Waals surface area contributed by atoms with Crippen molar-refractivity contribution in [1.29, 1.82) is 0 Å². The van der Waals surface area contributed by atoms with Crippen LogP contribution in [0, 0.1) is 6.92 Å². The minimum atomic E-state index is -0.311. The second-order valence-electron chi connectivity index (χ2n) is 8.01. The van der Waals surface area contributed by atoms with Gasteiger partial charge in [-0.2, -0.15) is 0 Å². The van der Waals surface area contributed by atoms with Crippen LogP contribution in [0.4, 0.5) is 0 Å². The van der Waals surface area contributed by atoms with Crippen molar-refractivity contribution < 1.29 is 14.0 Å². The minimum absolute atomic E-state index is 0.0410. The third-order valence-corrected chi connectivity index (χ3v) is 5.64. The van der Waals surface area contributed by atoms with Gasteiger partial charge in [0.05, 0.1) is 0 Å². The molecule has 5 heteroatoms. The normalized spacial score (nSPS) is 11.3. The highest BCUT2D eigenvalue weighted by Gasteiger charge is 2.17. The zero-order valence-electron chi connectivity index (χ0n) is 18.8. The van der Waals surface area contributed by atoms with Gasteiger partial charge >= 0.3 is 0 Å². The molecule has 1 aromatic heterocycles. The fraction of sp³-hybridized carbons (Fsp3) is 0.103. The molecule has 170 valence electrons. The maximum absolute atomic E-state index is 13.1. The first-order chi connectivity index (χ1) is 16.5. The summed E-state index contributed by atoms with van der Waals surface area (Å²) in [5.41, 5.74) is 3.81. The Balaban J connectivity index is 1.57. The maximum atomic E-state index is 13.1. The molecule has 0 radical (unpaired) electrons. The number of carbonyl (C=O) groups is 2. The molecular formula is C29H24ClNO3. The highest BCUT2D eigenvalue weighted by molar-refractivity contribution is 6.30. The van der Waals surface area contributed by atoms with Crippen LogP contribution in [-0.2, 0) is 11.3 Å². The van der Waals surface area contributed by atoms with Crippen LogP contribution in [0.25, 0.3) is 17.4 Å². The van der Waals surface area contributed by atoms with E-state index in [1.807, 2.05) is 67.6 Å². The van der Waals surface area contributed by atoms with Gasteiger partial charge in [-0.25, -0.2) is 0 Å². The van der Waals surface area contributed by atoms with Crippen molar-refractivity contribution in [2.75, 3.05) is 0 Å². The number of Topliss-reactive ketones (excluding diaryl/α,β-unsaturated/α-hetero) is 1. The lowest BCUT2D eigenvalue weighted by molar-refractivity contribution is -0.117. The molecule has 0 aliphatic rings. The first-order valence-corrected chi connectivity index (χ1v) is 11.3. The second kappa shape index (κ2) is 10.8. The first-order valence-electron chi connectivity index (χ1n) is 11.0. The number of aryl methyl sites for hydroxylation is 1. The summed E-state index contributed by atoms with van der Waals surface area (Å²) < 4.78 is 5.95. The molecule has 0 aliphatic carbocycles. The first kappa shape index (κ1) is 23.3. The molecule has 1 heterocycles. The van der Waals surface area contributed by atoms with Crippen LogP contribution >= 0.6 is 11.6 Å². The summed E-state index contributed by atoms with van der Waals surface area (Å²) in [6.45, 7) is 2.33. The van der Waals surface area contributed by atoms with E-state index >= 15 is 0 Å². The van der Waals surface area contributed by atoms with Crippen molar-refractivity contribution in [2.24, 2.45) is 0 Å². The van der Waals surface area contributed by atoms with E-state index in [1.165, 1.54) is 0 Å². The van der Waals surface area contributed by atoms with Crippen LogP contribution in [0.1, 0.15) is 33.7 Å². The Kier molecular flexibility index (Phi) is 7.41. The molecular weight excluding hydrogens is 446 g/mol. The van der Waals surface area contributed by atoms with Gasteiger partial charge in [0, 0.05) is 34.7 Å². The topological polar surface area (TPSA) is 59.3 Å². The number of nitrogens with one attached hydrogen (secondary N) is 1. The molecule has 3 aromatic carbocycles. The van der Waals surface area contributed by atoms with Crippen LogP contribution in [-0.4, -0.2) is 11.7 Å². The Morgan fingerprint density at radius 2 is 1.59 bits per heavy atom. The molecule has 1 amide bonds. The van der Waals surface area contributed by atoms with Crippen molar-refractivity contribution in [3.8, 4) is 11.3 Å². The Bertz CT molecular complexity index is 1300. The number of hydrogen-bond acceptors (Lipinski definition) is 3. The Hall–Kier alpha value is -3.89. The molecule has 4 rings (SSSR count). The molecule has 0 saturated carbocycles. The fourth-order valence-corrected chi connectivity index (χ4v) is 3.60. The Morgan fingerprint density at radius 3 is 2.29 bits per heavy atom. The number of furan rings is 1. The molecule has 0 atom stereocenters. The minimum Gasteiger partial charge on any atom is -0.457 e. The average molecular weight is 470 g/mol. The summed E-state index contributed by atoms with van der Waals surface area (Å²) in [6, 6.07) is 27.9. The second-order valence-corrected chi connectivity index (χ2v) is 8.45. The third kappa shape index (κ3) is 6.12. The molecule has 0 saturated heterocycles. The maximum Gasteiger partial charge on any atom is 0.248 e. The van der Waals surface area contributed by atoms with Gasteiger partial charge in [-0.15, -0.1) is 0 Å². The summed E-state index contributed by atoms with van der Waals surface area (Å²) in [5, 5.41) is 3.56. The van der Waals surface area contributed by atoms with Gasteiger partial charge in [-0.05, 0) is 55.0 Å². The van der Waals surface area contributed by atoms with Crippen LogP contribution in [0.5, 0.6) is 0 Å². The van der Waals surface area contributed by atoms with E-state index in [9.17, 15) is 9.59 Å². The van der Waals surface area contributed by atoms with Crippen molar-refractivity contribution >= 4 is 29.4 Å². The van der Waals surface area contributed by atoms with E-state index in [2.05, 4.69) is 5.32 Å². The van der Waals surface area contributed by atoms with Crippen LogP contribution in [0.15, 0.2) is 101 Å². The van der Waals surface area contributed by atoms with Gasteiger partial charge in [0.25, 0.3) is 0 Å². The predicted molar refractivity (Wildman–Crippen MR) is 136 cm³/mol. The van der Waals surface area contributed by atoms with Gasteiger partial charge in [0.2, 0.25) is 5.91 Å². The molecule has 4 aromatic rings. The number of rotatable bonds is 8. The molecule has 4 nitrogen and oxygen atoms in total. The number of carbonyl (C=O) groups excluding carboxylic acids is 2. The number of halogens is 1. The Morgan fingerprint density at radius 1 is 0.882 bits per heavy atom. The van der Waals surface area contributed by atoms with E-state index in [4.69, 9.17) is 16.0 Å². The lowest BCUT2D eigenvalue weighted by Gasteiger charge is -2.09. The average Bonchev–Trinajstić information content (AvgIpc) is 3.32. The molecule has 0 aliphatic heterocycles. The lowest BCUT2D eigenvalue weighted by atomic mass is 10.0. The number of amides is 1. The fourth-order valence-electron chi connectivity index (χ4n) is 3.47. The van der Waals surface area contributed by atoms with Gasteiger partial charge in [-0.1, -0.05) is 71.8 Å². The van der Waals surface area contributed by atoms with Gasteiger partial charge in [0.1, 0.15) is 11.5 Å². The largest absolute Gasteiger partial charge is 0.457 e. The molecule has 0 unspecified atom stereocenters. The Labute approximate surface area is 203 Å². The smallest absolute Gasteiger partial charge is 0.248 e. The van der Waals surface area contributed by atoms with Crippen LogP contribution < -0.4 is 5.32 Å². The predicted octanol–water partition coefficient (Wildman–Crippen LogP) is 6.88. The molecule has 1 N–H and O–H groups in total. The van der Waals surface area contributed by atoms with E-state index in [0.717, 1.165) is 16.7 Å². The standard InChI is InChI=1S/C29H24ClNO3/c1-20-7-9-22(10-8-20)27(32)18-24(29(33)31-19-21-5-3-2-4-6-21)17-26-15-16-28(34-26)23-11-13-25(30)14-12-23/h2-17H,18-19H2,1H3,(H,31,33)/b24-17-. The summed E-state index contributed by atoms with van der Waals surface area (Å²) in [5.74, 6) is 0.697. The summed E-state index contributed by atoms with van der Waals surface area (Å²) in [7, 11) is 0. The van der Waals surface area contributed by atoms with Crippen LogP contribution in [0.3, 0.4) is 0 Å². The van der Waals surface area contributed by atoms with Crippen molar-refractivity contribution in [1.82, 2.24) is 5.32 Å². The SMILES string of the molecule is Cc1ccc(C(=O)C/C(=C/c2ccc(-c3ccc(Cl)cc3)o2)C(=O)NCc2ccccc2)cc1. The molecule has 0 spiro atoms. The molecule has 34 heavy (non-hydrogen) atoms. The number of hydrogen-bond donors (Lipinski definition) is 1. The zero-order chi connectivity index (χ0) is 23.9. The summed E-state index contributed by atoms with van der Waals surface area (Å²) in [4.78, 5) is 26.0. The number of ketones is 1.